The first kappa shape index (κ1) is 29.2. The maximum atomic E-state index is 14.4. The largest absolute Gasteiger partial charge is 0.465 e. The zero-order chi connectivity index (χ0) is 27.4. The van der Waals surface area contributed by atoms with E-state index >= 15 is 0 Å². The third-order valence-corrected chi connectivity index (χ3v) is 5.39. The fraction of sp³-hybridized carbons (Fsp3) is 0.385. The Labute approximate surface area is 214 Å². The maximum absolute atomic E-state index is 14.4. The highest BCUT2D eigenvalue weighted by atomic mass is 19.1. The van der Waals surface area contributed by atoms with Crippen molar-refractivity contribution in [2.24, 2.45) is 0 Å². The molecule has 0 saturated heterocycles. The van der Waals surface area contributed by atoms with Crippen molar-refractivity contribution < 1.29 is 37.4 Å². The number of halogens is 2. The summed E-state index contributed by atoms with van der Waals surface area (Å²) in [5, 5.41) is 4.87. The second-order valence-corrected chi connectivity index (χ2v) is 8.50. The van der Waals surface area contributed by atoms with E-state index in [4.69, 9.17) is 9.47 Å². The minimum Gasteiger partial charge on any atom is -0.465 e. The molecule has 2 N–H and O–H groups in total. The molecule has 0 atom stereocenters. The second kappa shape index (κ2) is 13.9. The van der Waals surface area contributed by atoms with E-state index < -0.39 is 47.6 Å². The Hall–Kier alpha value is -4.02. The van der Waals surface area contributed by atoms with Crippen LogP contribution in [-0.2, 0) is 37.0 Å². The average Bonchev–Trinajstić information content (AvgIpc) is 2.86. The van der Waals surface area contributed by atoms with Gasteiger partial charge in [0.25, 0.3) is 0 Å². The maximum Gasteiger partial charge on any atom is 0.407 e. The molecule has 0 aliphatic rings. The van der Waals surface area contributed by atoms with Crippen LogP contribution in [0.25, 0.3) is 0 Å². The lowest BCUT2D eigenvalue weighted by Crippen LogP contribution is -2.57. The molecule has 0 heterocycles. The van der Waals surface area contributed by atoms with E-state index in [1.165, 1.54) is 19.9 Å². The number of nitrogens with zero attached hydrogens (tertiary/aromatic N) is 1. The second-order valence-electron chi connectivity index (χ2n) is 8.50. The molecule has 0 bridgehead atoms. The quantitative estimate of drug-likeness (QED) is 0.417. The molecule has 0 unspecified atom stereocenters. The van der Waals surface area contributed by atoms with Crippen LogP contribution in [0.15, 0.2) is 48.5 Å². The zero-order valence-corrected chi connectivity index (χ0v) is 21.0. The van der Waals surface area contributed by atoms with Crippen LogP contribution in [0, 0.1) is 11.6 Å². The molecule has 9 nitrogen and oxygen atoms in total. The molecule has 0 saturated carbocycles. The highest BCUT2D eigenvalue weighted by Crippen LogP contribution is 2.22. The first-order valence-electron chi connectivity index (χ1n) is 11.7. The Balaban J connectivity index is 2.07. The molecule has 2 aromatic carbocycles. The molecule has 0 spiro atoms. The Bertz CT molecular complexity index is 1090. The predicted octanol–water partition coefficient (Wildman–Crippen LogP) is 3.07. The van der Waals surface area contributed by atoms with E-state index in [1.54, 1.807) is 31.2 Å². The van der Waals surface area contributed by atoms with Gasteiger partial charge in [0.2, 0.25) is 11.8 Å². The van der Waals surface area contributed by atoms with Crippen LogP contribution in [0.4, 0.5) is 13.6 Å². The van der Waals surface area contributed by atoms with Crippen molar-refractivity contribution in [3.8, 4) is 0 Å². The molecule has 11 heteroatoms. The van der Waals surface area contributed by atoms with Gasteiger partial charge in [-0.15, -0.1) is 0 Å². The fourth-order valence-corrected chi connectivity index (χ4v) is 3.30. The number of rotatable bonds is 12. The number of ether oxygens (including phenoxy) is 2. The predicted molar refractivity (Wildman–Crippen MR) is 130 cm³/mol. The Morgan fingerprint density at radius 1 is 0.973 bits per heavy atom. The van der Waals surface area contributed by atoms with Gasteiger partial charge >= 0.3 is 12.1 Å². The molecule has 200 valence electrons. The standard InChI is InChI=1S/C26H31F2N3O6/c1-4-36-23(33)15-30-24(34)26(2,3)31(16-19-10-11-20(27)14-21(19)28)22(32)12-13-29-25(35)37-17-18-8-6-5-7-9-18/h5-11,14H,4,12-13,15-17H2,1-3H3,(H,29,35)(H,30,34). The average molecular weight is 520 g/mol. The normalized spacial score (nSPS) is 10.8. The Kier molecular flexibility index (Phi) is 11.0. The van der Waals surface area contributed by atoms with Gasteiger partial charge in [0, 0.05) is 31.1 Å². The summed E-state index contributed by atoms with van der Waals surface area (Å²) in [5.74, 6) is -3.62. The van der Waals surface area contributed by atoms with Crippen molar-refractivity contribution in [2.75, 3.05) is 19.7 Å². The number of esters is 1. The highest BCUT2D eigenvalue weighted by molar-refractivity contribution is 5.92. The van der Waals surface area contributed by atoms with Crippen LogP contribution in [0.3, 0.4) is 0 Å². The van der Waals surface area contributed by atoms with Crippen LogP contribution in [0.1, 0.15) is 38.3 Å². The fourth-order valence-electron chi connectivity index (χ4n) is 3.30. The lowest BCUT2D eigenvalue weighted by Gasteiger charge is -2.37. The smallest absolute Gasteiger partial charge is 0.407 e. The van der Waals surface area contributed by atoms with Gasteiger partial charge in [-0.3, -0.25) is 14.4 Å². The minimum atomic E-state index is -1.54. The number of hydrogen-bond donors (Lipinski definition) is 2. The van der Waals surface area contributed by atoms with E-state index in [2.05, 4.69) is 10.6 Å². The summed E-state index contributed by atoms with van der Waals surface area (Å²) >= 11 is 0. The van der Waals surface area contributed by atoms with Gasteiger partial charge in [0.05, 0.1) is 6.61 Å². The minimum absolute atomic E-state index is 0.0174. The SMILES string of the molecule is CCOC(=O)CNC(=O)C(C)(C)N(Cc1ccc(F)cc1F)C(=O)CCNC(=O)OCc1ccccc1. The van der Waals surface area contributed by atoms with E-state index in [0.717, 1.165) is 16.5 Å². The number of carbonyl (C=O) groups excluding carboxylic acids is 4. The molecular formula is C26H31F2N3O6. The number of carbonyl (C=O) groups is 4. The molecule has 37 heavy (non-hydrogen) atoms. The number of nitrogens with one attached hydrogen (secondary N) is 2. The molecule has 0 radical (unpaired) electrons. The zero-order valence-electron chi connectivity index (χ0n) is 21.0. The molecule has 0 aliphatic carbocycles. The van der Waals surface area contributed by atoms with Crippen molar-refractivity contribution in [1.29, 1.82) is 0 Å². The van der Waals surface area contributed by atoms with Crippen molar-refractivity contribution in [3.05, 3.63) is 71.3 Å². The first-order valence-corrected chi connectivity index (χ1v) is 11.7. The highest BCUT2D eigenvalue weighted by Gasteiger charge is 2.38. The van der Waals surface area contributed by atoms with Crippen LogP contribution >= 0.6 is 0 Å². The number of alkyl carbamates (subject to hydrolysis) is 1. The lowest BCUT2D eigenvalue weighted by molar-refractivity contribution is -0.149. The van der Waals surface area contributed by atoms with E-state index in [9.17, 15) is 28.0 Å². The lowest BCUT2D eigenvalue weighted by atomic mass is 9.99. The summed E-state index contributed by atoms with van der Waals surface area (Å²) in [6.07, 6.45) is -0.975. The summed E-state index contributed by atoms with van der Waals surface area (Å²) < 4.78 is 37.6. The van der Waals surface area contributed by atoms with Crippen molar-refractivity contribution >= 4 is 23.9 Å². The molecule has 3 amide bonds. The molecule has 2 rings (SSSR count). The monoisotopic (exact) mass is 519 g/mol. The number of hydrogen-bond acceptors (Lipinski definition) is 6. The van der Waals surface area contributed by atoms with Gasteiger partial charge < -0.3 is 25.0 Å². The topological polar surface area (TPSA) is 114 Å². The third-order valence-electron chi connectivity index (χ3n) is 5.39. The Morgan fingerprint density at radius 2 is 1.68 bits per heavy atom. The van der Waals surface area contributed by atoms with E-state index in [-0.39, 0.29) is 38.3 Å². The van der Waals surface area contributed by atoms with Crippen LogP contribution in [-0.4, -0.2) is 54.0 Å². The van der Waals surface area contributed by atoms with Gasteiger partial charge in [-0.2, -0.15) is 0 Å². The van der Waals surface area contributed by atoms with Gasteiger partial charge in [0.15, 0.2) is 0 Å². The molecule has 0 aromatic heterocycles. The molecule has 0 aliphatic heterocycles. The van der Waals surface area contributed by atoms with E-state index in [0.29, 0.717) is 6.07 Å². The molecule has 0 fully saturated rings. The summed E-state index contributed by atoms with van der Waals surface area (Å²) in [6.45, 7) is 3.75. The van der Waals surface area contributed by atoms with E-state index in [1.807, 2.05) is 6.07 Å². The summed E-state index contributed by atoms with van der Waals surface area (Å²) in [4.78, 5) is 50.8. The first-order chi connectivity index (χ1) is 17.5. The third kappa shape index (κ3) is 9.17. The number of benzene rings is 2. The van der Waals surface area contributed by atoms with Crippen molar-refractivity contribution in [3.63, 3.8) is 0 Å². The van der Waals surface area contributed by atoms with Crippen LogP contribution in [0.5, 0.6) is 0 Å². The summed E-state index contributed by atoms with van der Waals surface area (Å²) in [7, 11) is 0. The van der Waals surface area contributed by atoms with Gasteiger partial charge in [-0.1, -0.05) is 36.4 Å². The van der Waals surface area contributed by atoms with Crippen molar-refractivity contribution in [1.82, 2.24) is 15.5 Å². The number of amides is 3. The van der Waals surface area contributed by atoms with Crippen molar-refractivity contribution in [2.45, 2.75) is 45.9 Å². The van der Waals surface area contributed by atoms with Gasteiger partial charge in [-0.25, -0.2) is 13.6 Å². The molecular weight excluding hydrogens is 488 g/mol. The summed E-state index contributed by atoms with van der Waals surface area (Å²) in [5.41, 5.74) is -0.772. The Morgan fingerprint density at radius 3 is 2.32 bits per heavy atom. The van der Waals surface area contributed by atoms with Gasteiger partial charge in [-0.05, 0) is 32.4 Å². The van der Waals surface area contributed by atoms with Crippen LogP contribution in [0.2, 0.25) is 0 Å². The van der Waals surface area contributed by atoms with Crippen LogP contribution < -0.4 is 10.6 Å². The molecule has 2 aromatic rings. The van der Waals surface area contributed by atoms with Gasteiger partial charge in [0.1, 0.15) is 30.3 Å². The summed E-state index contributed by atoms with van der Waals surface area (Å²) in [6, 6.07) is 11.9.